The Morgan fingerprint density at radius 1 is 1.40 bits per heavy atom. The molecule has 20 heavy (non-hydrogen) atoms. The van der Waals surface area contributed by atoms with E-state index in [9.17, 15) is 13.2 Å². The summed E-state index contributed by atoms with van der Waals surface area (Å²) >= 11 is 0. The minimum atomic E-state index is -3.77. The van der Waals surface area contributed by atoms with Crippen LogP contribution in [0.5, 0.6) is 0 Å². The lowest BCUT2D eigenvalue weighted by atomic mass is 10.2. The lowest BCUT2D eigenvalue weighted by molar-refractivity contribution is -0.136. The molecule has 1 atom stereocenters. The van der Waals surface area contributed by atoms with Crippen LogP contribution < -0.4 is 0 Å². The van der Waals surface area contributed by atoms with Crippen LogP contribution in [0.25, 0.3) is 10.9 Å². The maximum absolute atomic E-state index is 12.1. The van der Waals surface area contributed by atoms with Gasteiger partial charge in [0.15, 0.2) is 15.1 Å². The third kappa shape index (κ3) is 2.53. The second-order valence-corrected chi connectivity index (χ2v) is 6.89. The molecule has 0 saturated heterocycles. The number of hydrogen-bond donors (Lipinski definition) is 1. The SMILES string of the molecule is CCn1nc(CS(=O)(=O)C(C)C(=O)O)c2ccccc21. The van der Waals surface area contributed by atoms with Crippen molar-refractivity contribution in [3.8, 4) is 0 Å². The molecule has 7 heteroatoms. The van der Waals surface area contributed by atoms with Gasteiger partial charge in [-0.1, -0.05) is 18.2 Å². The van der Waals surface area contributed by atoms with Gasteiger partial charge in [-0.05, 0) is 19.9 Å². The number of aromatic nitrogens is 2. The van der Waals surface area contributed by atoms with Crippen LogP contribution in [-0.4, -0.2) is 34.5 Å². The van der Waals surface area contributed by atoms with E-state index < -0.39 is 21.1 Å². The number of sulfone groups is 1. The van der Waals surface area contributed by atoms with Gasteiger partial charge in [-0.15, -0.1) is 0 Å². The van der Waals surface area contributed by atoms with Gasteiger partial charge < -0.3 is 5.11 Å². The molecule has 0 spiro atoms. The first-order valence-electron chi connectivity index (χ1n) is 6.25. The number of fused-ring (bicyclic) bond motifs is 1. The molecule has 0 aliphatic carbocycles. The average molecular weight is 296 g/mol. The Bertz CT molecular complexity index is 749. The third-order valence-corrected chi connectivity index (χ3v) is 5.21. The molecule has 1 aromatic heterocycles. The lowest BCUT2D eigenvalue weighted by Crippen LogP contribution is -2.28. The van der Waals surface area contributed by atoms with Crippen LogP contribution in [0.2, 0.25) is 0 Å². The van der Waals surface area contributed by atoms with Crippen molar-refractivity contribution in [3.63, 3.8) is 0 Å². The first kappa shape index (κ1) is 14.5. The van der Waals surface area contributed by atoms with Gasteiger partial charge in [0.25, 0.3) is 0 Å². The summed E-state index contributed by atoms with van der Waals surface area (Å²) in [5.41, 5.74) is 1.25. The monoisotopic (exact) mass is 296 g/mol. The van der Waals surface area contributed by atoms with E-state index in [-0.39, 0.29) is 5.75 Å². The molecule has 0 aliphatic rings. The number of rotatable bonds is 5. The van der Waals surface area contributed by atoms with Crippen molar-refractivity contribution in [1.29, 1.82) is 0 Å². The molecule has 2 rings (SSSR count). The maximum Gasteiger partial charge on any atom is 0.321 e. The quantitative estimate of drug-likeness (QED) is 0.902. The van der Waals surface area contributed by atoms with E-state index in [2.05, 4.69) is 5.10 Å². The number of carboxylic acid groups (broad SMARTS) is 1. The normalized spacial score (nSPS) is 13.5. The molecule has 2 aromatic rings. The Labute approximate surface area is 116 Å². The standard InChI is InChI=1S/C13H16N2O4S/c1-3-15-12-7-5-4-6-10(12)11(14-15)8-20(18,19)9(2)13(16)17/h4-7,9H,3,8H2,1-2H3,(H,16,17). The highest BCUT2D eigenvalue weighted by Gasteiger charge is 2.29. The minimum Gasteiger partial charge on any atom is -0.480 e. The summed E-state index contributed by atoms with van der Waals surface area (Å²) in [6.45, 7) is 3.71. The predicted molar refractivity (Wildman–Crippen MR) is 75.1 cm³/mol. The van der Waals surface area contributed by atoms with E-state index in [1.165, 1.54) is 6.92 Å². The molecule has 0 saturated carbocycles. The Kier molecular flexibility index (Phi) is 3.80. The van der Waals surface area contributed by atoms with Crippen LogP contribution in [0.15, 0.2) is 24.3 Å². The number of carbonyl (C=O) groups is 1. The van der Waals surface area contributed by atoms with Crippen molar-refractivity contribution in [1.82, 2.24) is 9.78 Å². The second-order valence-electron chi connectivity index (χ2n) is 4.57. The van der Waals surface area contributed by atoms with Crippen LogP contribution in [0.1, 0.15) is 19.5 Å². The van der Waals surface area contributed by atoms with Crippen molar-refractivity contribution in [2.24, 2.45) is 0 Å². The summed E-state index contributed by atoms with van der Waals surface area (Å²) in [6.07, 6.45) is 0. The number of nitrogens with zero attached hydrogens (tertiary/aromatic N) is 2. The summed E-state index contributed by atoms with van der Waals surface area (Å²) in [6, 6.07) is 7.32. The van der Waals surface area contributed by atoms with Gasteiger partial charge in [-0.3, -0.25) is 9.48 Å². The second kappa shape index (κ2) is 5.24. The number of aliphatic carboxylic acids is 1. The topological polar surface area (TPSA) is 89.3 Å². The van der Waals surface area contributed by atoms with E-state index in [4.69, 9.17) is 5.11 Å². The molecule has 1 N–H and O–H groups in total. The van der Waals surface area contributed by atoms with Crippen molar-refractivity contribution >= 4 is 26.7 Å². The molecular weight excluding hydrogens is 280 g/mol. The molecule has 0 fully saturated rings. The molecule has 1 unspecified atom stereocenters. The summed E-state index contributed by atoms with van der Waals surface area (Å²) in [4.78, 5) is 10.9. The smallest absolute Gasteiger partial charge is 0.321 e. The largest absolute Gasteiger partial charge is 0.480 e. The molecule has 0 aliphatic heterocycles. The van der Waals surface area contributed by atoms with Crippen LogP contribution in [0, 0.1) is 0 Å². The number of para-hydroxylation sites is 1. The van der Waals surface area contributed by atoms with Gasteiger partial charge in [0, 0.05) is 11.9 Å². The Balaban J connectivity index is 2.47. The molecule has 1 heterocycles. The predicted octanol–water partition coefficient (Wildman–Crippen LogP) is 1.44. The van der Waals surface area contributed by atoms with Crippen molar-refractivity contribution in [2.45, 2.75) is 31.4 Å². The van der Waals surface area contributed by atoms with E-state index >= 15 is 0 Å². The Morgan fingerprint density at radius 3 is 2.65 bits per heavy atom. The molecule has 108 valence electrons. The van der Waals surface area contributed by atoms with Gasteiger partial charge in [-0.25, -0.2) is 8.42 Å². The molecule has 0 amide bonds. The minimum absolute atomic E-state index is 0.367. The fraction of sp³-hybridized carbons (Fsp3) is 0.385. The van der Waals surface area contributed by atoms with Gasteiger partial charge >= 0.3 is 5.97 Å². The third-order valence-electron chi connectivity index (χ3n) is 3.26. The number of hydrogen-bond acceptors (Lipinski definition) is 4. The summed E-state index contributed by atoms with van der Waals surface area (Å²) in [5, 5.41) is 12.4. The van der Waals surface area contributed by atoms with Gasteiger partial charge in [0.1, 0.15) is 0 Å². The highest BCUT2D eigenvalue weighted by molar-refractivity contribution is 7.92. The Morgan fingerprint density at radius 2 is 2.05 bits per heavy atom. The van der Waals surface area contributed by atoms with Gasteiger partial charge in [-0.2, -0.15) is 5.10 Å². The average Bonchev–Trinajstić information content (AvgIpc) is 2.75. The van der Waals surface area contributed by atoms with Gasteiger partial charge in [0.2, 0.25) is 0 Å². The highest BCUT2D eigenvalue weighted by atomic mass is 32.2. The molecule has 0 radical (unpaired) electrons. The van der Waals surface area contributed by atoms with Crippen LogP contribution in [0.4, 0.5) is 0 Å². The summed E-state index contributed by atoms with van der Waals surface area (Å²) in [5.74, 6) is -1.71. The van der Waals surface area contributed by atoms with E-state index in [1.807, 2.05) is 19.1 Å². The molecule has 6 nitrogen and oxygen atoms in total. The van der Waals surface area contributed by atoms with Crippen molar-refractivity contribution < 1.29 is 18.3 Å². The highest BCUT2D eigenvalue weighted by Crippen LogP contribution is 2.21. The Hall–Kier alpha value is -1.89. The molecule has 1 aromatic carbocycles. The van der Waals surface area contributed by atoms with Crippen molar-refractivity contribution in [3.05, 3.63) is 30.0 Å². The number of aryl methyl sites for hydroxylation is 1. The van der Waals surface area contributed by atoms with Crippen LogP contribution in [-0.2, 0) is 26.9 Å². The lowest BCUT2D eigenvalue weighted by Gasteiger charge is -2.06. The zero-order chi connectivity index (χ0) is 14.9. The van der Waals surface area contributed by atoms with E-state index in [0.717, 1.165) is 10.9 Å². The molecule has 0 bridgehead atoms. The van der Waals surface area contributed by atoms with E-state index in [1.54, 1.807) is 16.8 Å². The maximum atomic E-state index is 12.1. The van der Waals surface area contributed by atoms with Gasteiger partial charge in [0.05, 0.1) is 17.0 Å². The fourth-order valence-electron chi connectivity index (χ4n) is 2.01. The van der Waals surface area contributed by atoms with Crippen LogP contribution >= 0.6 is 0 Å². The number of carboxylic acids is 1. The first-order valence-corrected chi connectivity index (χ1v) is 7.97. The number of benzene rings is 1. The zero-order valence-electron chi connectivity index (χ0n) is 11.3. The molecular formula is C13H16N2O4S. The fourth-order valence-corrected chi connectivity index (χ4v) is 3.16. The first-order chi connectivity index (χ1) is 9.36. The summed E-state index contributed by atoms with van der Waals surface area (Å²) in [7, 11) is -3.77. The van der Waals surface area contributed by atoms with Crippen LogP contribution in [0.3, 0.4) is 0 Å². The zero-order valence-corrected chi connectivity index (χ0v) is 12.1. The van der Waals surface area contributed by atoms with Crippen molar-refractivity contribution in [2.75, 3.05) is 0 Å². The van der Waals surface area contributed by atoms with E-state index in [0.29, 0.717) is 12.2 Å². The summed E-state index contributed by atoms with van der Waals surface area (Å²) < 4.78 is 25.8.